The second-order valence-corrected chi connectivity index (χ2v) is 6.87. The summed E-state index contributed by atoms with van der Waals surface area (Å²) in [5.41, 5.74) is 5.10. The number of nitrogens with zero attached hydrogens (tertiary/aromatic N) is 3. The molecule has 0 spiro atoms. The summed E-state index contributed by atoms with van der Waals surface area (Å²) in [5.74, 6) is 0.215. The van der Waals surface area contributed by atoms with Crippen molar-refractivity contribution in [3.8, 4) is 5.69 Å². The van der Waals surface area contributed by atoms with Crippen molar-refractivity contribution in [3.05, 3.63) is 47.7 Å². The fourth-order valence-corrected chi connectivity index (χ4v) is 3.82. The molecule has 134 valence electrons. The molecule has 6 heteroatoms. The van der Waals surface area contributed by atoms with Gasteiger partial charge >= 0.3 is 0 Å². The summed E-state index contributed by atoms with van der Waals surface area (Å²) in [6, 6.07) is 6.27. The van der Waals surface area contributed by atoms with Crippen LogP contribution in [0.5, 0.6) is 0 Å². The maximum absolute atomic E-state index is 12.3. The summed E-state index contributed by atoms with van der Waals surface area (Å²) in [6.45, 7) is 2.10. The lowest BCUT2D eigenvalue weighted by atomic mass is 9.94. The Labute approximate surface area is 151 Å². The van der Waals surface area contributed by atoms with E-state index in [2.05, 4.69) is 28.5 Å². The van der Waals surface area contributed by atoms with Gasteiger partial charge in [-0.05, 0) is 36.6 Å². The summed E-state index contributed by atoms with van der Waals surface area (Å²) < 4.78 is 4.02. The van der Waals surface area contributed by atoms with E-state index in [0.29, 0.717) is 19.4 Å². The van der Waals surface area contributed by atoms with Crippen LogP contribution in [0.2, 0.25) is 0 Å². The van der Waals surface area contributed by atoms with Crippen molar-refractivity contribution in [3.63, 3.8) is 0 Å². The lowest BCUT2D eigenvalue weighted by molar-refractivity contribution is -0.118. The minimum atomic E-state index is -0.0294. The fraction of sp³-hybridized carbons (Fsp3) is 0.350. The second-order valence-electron chi connectivity index (χ2n) is 6.87. The summed E-state index contributed by atoms with van der Waals surface area (Å²) in [4.78, 5) is 27.7. The van der Waals surface area contributed by atoms with Crippen LogP contribution in [0.15, 0.2) is 30.7 Å². The molecule has 0 fully saturated rings. The Kier molecular flexibility index (Phi) is 4.11. The van der Waals surface area contributed by atoms with Crippen LogP contribution in [0.3, 0.4) is 0 Å². The van der Waals surface area contributed by atoms with Crippen LogP contribution in [-0.2, 0) is 24.7 Å². The van der Waals surface area contributed by atoms with Crippen molar-refractivity contribution in [1.29, 1.82) is 0 Å². The number of hydrogen-bond donors (Lipinski definition) is 1. The van der Waals surface area contributed by atoms with Crippen LogP contribution >= 0.6 is 0 Å². The van der Waals surface area contributed by atoms with Gasteiger partial charge in [0.2, 0.25) is 5.91 Å². The zero-order valence-corrected chi connectivity index (χ0v) is 15.1. The summed E-state index contributed by atoms with van der Waals surface area (Å²) in [5, 5.41) is 3.94. The van der Waals surface area contributed by atoms with Gasteiger partial charge in [0.15, 0.2) is 5.78 Å². The quantitative estimate of drug-likeness (QED) is 0.786. The number of Topliss-reactive ketones (excluding diaryl/α,β-unsaturated/α-hetero) is 1. The van der Waals surface area contributed by atoms with Gasteiger partial charge in [-0.2, -0.15) is 0 Å². The molecule has 1 aromatic carbocycles. The predicted octanol–water partition coefficient (Wildman–Crippen LogP) is 2.56. The highest BCUT2D eigenvalue weighted by Crippen LogP contribution is 2.32. The van der Waals surface area contributed by atoms with Crippen molar-refractivity contribution in [2.45, 2.75) is 32.6 Å². The Morgan fingerprint density at radius 1 is 1.31 bits per heavy atom. The lowest BCUT2D eigenvalue weighted by Gasteiger charge is -2.11. The Balaban J connectivity index is 1.67. The van der Waals surface area contributed by atoms with E-state index in [-0.39, 0.29) is 11.7 Å². The number of nitrogens with one attached hydrogen (secondary N) is 1. The van der Waals surface area contributed by atoms with Gasteiger partial charge in [-0.15, -0.1) is 0 Å². The molecule has 0 atom stereocenters. The first kappa shape index (κ1) is 16.6. The zero-order chi connectivity index (χ0) is 18.3. The number of ketones is 1. The highest BCUT2D eigenvalue weighted by Gasteiger charge is 2.24. The molecule has 0 saturated carbocycles. The van der Waals surface area contributed by atoms with E-state index in [4.69, 9.17) is 0 Å². The van der Waals surface area contributed by atoms with Gasteiger partial charge in [-0.1, -0.05) is 0 Å². The van der Waals surface area contributed by atoms with Gasteiger partial charge in [0.25, 0.3) is 0 Å². The molecular weight excluding hydrogens is 328 g/mol. The molecule has 2 aromatic heterocycles. The molecule has 0 radical (unpaired) electrons. The second kappa shape index (κ2) is 6.44. The molecule has 1 amide bonds. The van der Waals surface area contributed by atoms with Crippen LogP contribution in [-0.4, -0.2) is 32.4 Å². The van der Waals surface area contributed by atoms with Crippen LogP contribution in [0.25, 0.3) is 16.6 Å². The van der Waals surface area contributed by atoms with Crippen molar-refractivity contribution < 1.29 is 9.59 Å². The summed E-state index contributed by atoms with van der Waals surface area (Å²) in [7, 11) is 1.97. The number of benzene rings is 1. The molecule has 6 nitrogen and oxygen atoms in total. The van der Waals surface area contributed by atoms with E-state index in [9.17, 15) is 9.59 Å². The van der Waals surface area contributed by atoms with Gasteiger partial charge in [-0.3, -0.25) is 9.59 Å². The van der Waals surface area contributed by atoms with Crippen molar-refractivity contribution in [2.24, 2.45) is 7.05 Å². The molecule has 2 heterocycles. The SMILES string of the molecule is CC(=O)NCCc1cn(-c2ccc3c(c2)c2c(n3C)C(=O)CCC2)cn1. The number of fused-ring (bicyclic) bond motifs is 3. The number of amides is 1. The first-order chi connectivity index (χ1) is 12.5. The molecule has 1 aliphatic rings. The minimum absolute atomic E-state index is 0.0294. The number of hydrogen-bond acceptors (Lipinski definition) is 3. The Morgan fingerprint density at radius 2 is 2.15 bits per heavy atom. The number of aryl methyl sites for hydroxylation is 2. The molecule has 0 bridgehead atoms. The molecule has 1 N–H and O–H groups in total. The van der Waals surface area contributed by atoms with Gasteiger partial charge in [-0.25, -0.2) is 4.98 Å². The topological polar surface area (TPSA) is 68.9 Å². The maximum Gasteiger partial charge on any atom is 0.216 e. The molecule has 0 unspecified atom stereocenters. The first-order valence-electron chi connectivity index (χ1n) is 8.97. The average Bonchev–Trinajstić information content (AvgIpc) is 3.19. The van der Waals surface area contributed by atoms with Gasteiger partial charge in [0.1, 0.15) is 0 Å². The number of rotatable bonds is 4. The normalized spacial score (nSPS) is 13.8. The van der Waals surface area contributed by atoms with Crippen LogP contribution in [0.4, 0.5) is 0 Å². The third-order valence-electron chi connectivity index (χ3n) is 5.07. The number of aromatic nitrogens is 3. The molecule has 3 aromatic rings. The van der Waals surface area contributed by atoms with E-state index in [1.165, 1.54) is 12.5 Å². The average molecular weight is 350 g/mol. The Bertz CT molecular complexity index is 1010. The third kappa shape index (κ3) is 2.81. The zero-order valence-electron chi connectivity index (χ0n) is 15.1. The highest BCUT2D eigenvalue weighted by molar-refractivity contribution is 6.04. The molecule has 0 saturated heterocycles. The van der Waals surface area contributed by atoms with E-state index in [1.807, 2.05) is 22.4 Å². The minimum Gasteiger partial charge on any atom is -0.356 e. The van der Waals surface area contributed by atoms with Crippen molar-refractivity contribution >= 4 is 22.6 Å². The molecular formula is C20H22N4O2. The van der Waals surface area contributed by atoms with Crippen molar-refractivity contribution in [2.75, 3.05) is 6.54 Å². The van der Waals surface area contributed by atoms with Crippen LogP contribution < -0.4 is 5.32 Å². The standard InChI is InChI=1S/C20H22N4O2/c1-13(25)21-9-8-14-11-24(12-22-14)15-6-7-18-17(10-15)16-4-3-5-19(26)20(16)23(18)2/h6-7,10-12H,3-5,8-9H2,1-2H3,(H,21,25). The monoisotopic (exact) mass is 350 g/mol. The van der Waals surface area contributed by atoms with Gasteiger partial charge in [0.05, 0.1) is 17.7 Å². The summed E-state index contributed by atoms with van der Waals surface area (Å²) >= 11 is 0. The predicted molar refractivity (Wildman–Crippen MR) is 99.7 cm³/mol. The van der Waals surface area contributed by atoms with E-state index >= 15 is 0 Å². The molecule has 26 heavy (non-hydrogen) atoms. The van der Waals surface area contributed by atoms with Gasteiger partial charge < -0.3 is 14.5 Å². The highest BCUT2D eigenvalue weighted by atomic mass is 16.1. The van der Waals surface area contributed by atoms with Gasteiger partial charge in [0, 0.05) is 56.1 Å². The van der Waals surface area contributed by atoms with Crippen LogP contribution in [0.1, 0.15) is 41.5 Å². The number of carbonyl (C=O) groups is 2. The third-order valence-corrected chi connectivity index (χ3v) is 5.07. The Hall–Kier alpha value is -2.89. The van der Waals surface area contributed by atoms with E-state index in [0.717, 1.165) is 40.8 Å². The first-order valence-corrected chi connectivity index (χ1v) is 8.97. The summed E-state index contributed by atoms with van der Waals surface area (Å²) in [6.07, 6.45) is 7.00. The number of imidazole rings is 1. The smallest absolute Gasteiger partial charge is 0.216 e. The fourth-order valence-electron chi connectivity index (χ4n) is 3.82. The van der Waals surface area contributed by atoms with Crippen molar-refractivity contribution in [1.82, 2.24) is 19.4 Å². The number of carbonyl (C=O) groups excluding carboxylic acids is 2. The lowest BCUT2D eigenvalue weighted by Crippen LogP contribution is -2.22. The van der Waals surface area contributed by atoms with Crippen LogP contribution in [0, 0.1) is 0 Å². The largest absolute Gasteiger partial charge is 0.356 e. The molecule has 1 aliphatic carbocycles. The molecule has 0 aliphatic heterocycles. The van der Waals surface area contributed by atoms with E-state index in [1.54, 1.807) is 6.33 Å². The van der Waals surface area contributed by atoms with E-state index < -0.39 is 0 Å². The Morgan fingerprint density at radius 3 is 2.96 bits per heavy atom. The molecule has 4 rings (SSSR count). The maximum atomic E-state index is 12.3.